The summed E-state index contributed by atoms with van der Waals surface area (Å²) in [5.41, 5.74) is 4.33. The summed E-state index contributed by atoms with van der Waals surface area (Å²) >= 11 is 0. The van der Waals surface area contributed by atoms with Crippen molar-refractivity contribution in [1.82, 2.24) is 15.5 Å². The Morgan fingerprint density at radius 2 is 1.82 bits per heavy atom. The molecule has 7 heteroatoms. The number of rotatable bonds is 4. The first kappa shape index (κ1) is 17.9. The van der Waals surface area contributed by atoms with E-state index in [-0.39, 0.29) is 18.4 Å². The molecule has 1 aliphatic rings. The number of amides is 2. The fourth-order valence-corrected chi connectivity index (χ4v) is 3.57. The molecule has 1 N–H and O–H groups in total. The zero-order valence-corrected chi connectivity index (χ0v) is 15.9. The van der Waals surface area contributed by atoms with E-state index in [4.69, 9.17) is 4.42 Å². The fraction of sp³-hybridized carbons (Fsp3) is 0.238. The molecule has 2 amide bonds. The Balaban J connectivity index is 1.69. The van der Waals surface area contributed by atoms with E-state index in [2.05, 4.69) is 15.5 Å². The Morgan fingerprint density at radius 3 is 2.54 bits per heavy atom. The van der Waals surface area contributed by atoms with Gasteiger partial charge in [-0.15, -0.1) is 10.2 Å². The van der Waals surface area contributed by atoms with Gasteiger partial charge in [-0.3, -0.25) is 9.59 Å². The largest absolute Gasteiger partial charge is 0.419 e. The SMILES string of the molecule is CC(=O)N[C@@H]1C(=O)N(Cc2nnc(-c3ccccc3)o2)c2c(C)ccc(C)c21. The first-order valence-electron chi connectivity index (χ1n) is 9.02. The number of hydrogen-bond donors (Lipinski definition) is 1. The Morgan fingerprint density at radius 1 is 1.11 bits per heavy atom. The summed E-state index contributed by atoms with van der Waals surface area (Å²) < 4.78 is 5.78. The van der Waals surface area contributed by atoms with E-state index >= 15 is 0 Å². The van der Waals surface area contributed by atoms with Crippen LogP contribution in [0, 0.1) is 13.8 Å². The molecule has 3 aromatic rings. The fourth-order valence-electron chi connectivity index (χ4n) is 3.57. The summed E-state index contributed by atoms with van der Waals surface area (Å²) in [6, 6.07) is 12.7. The number of aromatic nitrogens is 2. The Hall–Kier alpha value is -3.48. The van der Waals surface area contributed by atoms with E-state index in [0.717, 1.165) is 27.9 Å². The number of fused-ring (bicyclic) bond motifs is 1. The lowest BCUT2D eigenvalue weighted by Crippen LogP contribution is -2.36. The van der Waals surface area contributed by atoms with Gasteiger partial charge in [0.15, 0.2) is 0 Å². The van der Waals surface area contributed by atoms with Crippen LogP contribution in [0.2, 0.25) is 0 Å². The van der Waals surface area contributed by atoms with Crippen molar-refractivity contribution in [1.29, 1.82) is 0 Å². The lowest BCUT2D eigenvalue weighted by molar-refractivity contribution is -0.126. The number of carbonyl (C=O) groups is 2. The van der Waals surface area contributed by atoms with E-state index in [1.165, 1.54) is 6.92 Å². The molecule has 28 heavy (non-hydrogen) atoms. The summed E-state index contributed by atoms with van der Waals surface area (Å²) in [6.45, 7) is 5.43. The Labute approximate surface area is 162 Å². The third-order valence-electron chi connectivity index (χ3n) is 4.84. The van der Waals surface area contributed by atoms with Gasteiger partial charge in [-0.05, 0) is 37.1 Å². The van der Waals surface area contributed by atoms with Crippen LogP contribution < -0.4 is 10.2 Å². The summed E-state index contributed by atoms with van der Waals surface area (Å²) in [5, 5.41) is 11.0. The average molecular weight is 376 g/mol. The van der Waals surface area contributed by atoms with Crippen LogP contribution in [0.3, 0.4) is 0 Å². The van der Waals surface area contributed by atoms with Crippen molar-refractivity contribution in [2.75, 3.05) is 4.90 Å². The number of aryl methyl sites for hydroxylation is 2. The van der Waals surface area contributed by atoms with Crippen molar-refractivity contribution < 1.29 is 14.0 Å². The van der Waals surface area contributed by atoms with Gasteiger partial charge in [0.1, 0.15) is 12.6 Å². The number of anilines is 1. The number of carbonyl (C=O) groups excluding carboxylic acids is 2. The maximum atomic E-state index is 13.1. The lowest BCUT2D eigenvalue weighted by atomic mass is 9.99. The topological polar surface area (TPSA) is 88.3 Å². The van der Waals surface area contributed by atoms with E-state index in [9.17, 15) is 9.59 Å². The summed E-state index contributed by atoms with van der Waals surface area (Å²) in [5.74, 6) is 0.280. The zero-order valence-electron chi connectivity index (χ0n) is 15.9. The maximum absolute atomic E-state index is 13.1. The molecule has 0 bridgehead atoms. The maximum Gasteiger partial charge on any atom is 0.254 e. The molecule has 0 fully saturated rings. The van der Waals surface area contributed by atoms with Crippen molar-refractivity contribution >= 4 is 17.5 Å². The van der Waals surface area contributed by atoms with Crippen LogP contribution in [0.15, 0.2) is 46.9 Å². The third-order valence-corrected chi connectivity index (χ3v) is 4.84. The second-order valence-electron chi connectivity index (χ2n) is 6.89. The number of nitrogens with zero attached hydrogens (tertiary/aromatic N) is 3. The lowest BCUT2D eigenvalue weighted by Gasteiger charge is -2.17. The van der Waals surface area contributed by atoms with Crippen LogP contribution in [0.25, 0.3) is 11.5 Å². The average Bonchev–Trinajstić information content (AvgIpc) is 3.25. The minimum Gasteiger partial charge on any atom is -0.419 e. The molecule has 142 valence electrons. The first-order valence-corrected chi connectivity index (χ1v) is 9.02. The normalized spacial score (nSPS) is 15.6. The van der Waals surface area contributed by atoms with Crippen LogP contribution in [0.4, 0.5) is 5.69 Å². The van der Waals surface area contributed by atoms with Gasteiger partial charge < -0.3 is 14.6 Å². The van der Waals surface area contributed by atoms with Crippen LogP contribution in [-0.2, 0) is 16.1 Å². The monoisotopic (exact) mass is 376 g/mol. The Kier molecular flexibility index (Phi) is 4.43. The molecular weight excluding hydrogens is 356 g/mol. The van der Waals surface area contributed by atoms with Crippen molar-refractivity contribution in [3.05, 3.63) is 65.0 Å². The second kappa shape index (κ2) is 6.92. The van der Waals surface area contributed by atoms with Crippen molar-refractivity contribution in [3.63, 3.8) is 0 Å². The van der Waals surface area contributed by atoms with Gasteiger partial charge in [0.2, 0.25) is 17.7 Å². The first-order chi connectivity index (χ1) is 13.5. The quantitative estimate of drug-likeness (QED) is 0.756. The van der Waals surface area contributed by atoms with Crippen LogP contribution in [0.5, 0.6) is 0 Å². The molecule has 2 heterocycles. The molecular formula is C21H20N4O3. The van der Waals surface area contributed by atoms with Gasteiger partial charge in [0.25, 0.3) is 5.91 Å². The van der Waals surface area contributed by atoms with Crippen molar-refractivity contribution in [3.8, 4) is 11.5 Å². The smallest absolute Gasteiger partial charge is 0.254 e. The summed E-state index contributed by atoms with van der Waals surface area (Å²) in [7, 11) is 0. The van der Waals surface area contributed by atoms with Crippen molar-refractivity contribution in [2.45, 2.75) is 33.4 Å². The van der Waals surface area contributed by atoms with Crippen LogP contribution in [0.1, 0.15) is 35.5 Å². The number of benzene rings is 2. The molecule has 0 radical (unpaired) electrons. The minimum atomic E-state index is -0.705. The molecule has 1 aliphatic heterocycles. The Bertz CT molecular complexity index is 1060. The molecule has 1 aromatic heterocycles. The molecule has 2 aromatic carbocycles. The molecule has 0 saturated heterocycles. The highest BCUT2D eigenvalue weighted by molar-refractivity contribution is 6.07. The molecule has 0 aliphatic carbocycles. The predicted octanol–water partition coefficient (Wildman–Crippen LogP) is 3.08. The molecule has 1 atom stereocenters. The predicted molar refractivity (Wildman–Crippen MR) is 103 cm³/mol. The summed E-state index contributed by atoms with van der Waals surface area (Å²) in [6.07, 6.45) is 0. The van der Waals surface area contributed by atoms with Gasteiger partial charge in [0.05, 0.1) is 5.69 Å². The molecule has 0 saturated carbocycles. The highest BCUT2D eigenvalue weighted by atomic mass is 16.4. The number of hydrogen-bond acceptors (Lipinski definition) is 5. The van der Waals surface area contributed by atoms with E-state index in [0.29, 0.717) is 11.8 Å². The molecule has 0 unspecified atom stereocenters. The van der Waals surface area contributed by atoms with Crippen LogP contribution in [-0.4, -0.2) is 22.0 Å². The van der Waals surface area contributed by atoms with E-state index < -0.39 is 6.04 Å². The van der Waals surface area contributed by atoms with Gasteiger partial charge in [-0.2, -0.15) is 0 Å². The van der Waals surface area contributed by atoms with Crippen LogP contribution >= 0.6 is 0 Å². The highest BCUT2D eigenvalue weighted by Gasteiger charge is 2.40. The third kappa shape index (κ3) is 3.05. The van der Waals surface area contributed by atoms with Crippen molar-refractivity contribution in [2.24, 2.45) is 0 Å². The number of nitrogens with one attached hydrogen (secondary N) is 1. The minimum absolute atomic E-state index is 0.145. The molecule has 0 spiro atoms. The van der Waals surface area contributed by atoms with E-state index in [1.807, 2.05) is 56.3 Å². The molecule has 4 rings (SSSR count). The van der Waals surface area contributed by atoms with Gasteiger partial charge in [-0.25, -0.2) is 0 Å². The summed E-state index contributed by atoms with van der Waals surface area (Å²) in [4.78, 5) is 26.4. The van der Waals surface area contributed by atoms with Gasteiger partial charge in [-0.1, -0.05) is 30.3 Å². The second-order valence-corrected chi connectivity index (χ2v) is 6.89. The van der Waals surface area contributed by atoms with Gasteiger partial charge >= 0.3 is 0 Å². The molecule has 7 nitrogen and oxygen atoms in total. The highest BCUT2D eigenvalue weighted by Crippen LogP contribution is 2.41. The zero-order chi connectivity index (χ0) is 19.8. The standard InChI is InChI=1S/C21H20N4O3/c1-12-9-10-13(2)19-17(12)18(22-14(3)26)21(27)25(19)11-16-23-24-20(28-16)15-7-5-4-6-8-15/h4-10,18H,11H2,1-3H3,(H,22,26)/t18-/m0/s1. The van der Waals surface area contributed by atoms with E-state index in [1.54, 1.807) is 4.90 Å². The van der Waals surface area contributed by atoms with Gasteiger partial charge in [0, 0.05) is 18.1 Å².